The standard InChI is InChI=1S/C16H20BN3O3.W/c1-12-5-7-15(8-6-12)17(23-11-21)18-16(22)19-20-9-13-3-2-4-14(13)10-20;/h5-7,13-14H,2-4,9-10H2,1H3,(H2,18,19,22);/q-2;+2. The third kappa shape index (κ3) is 4.61. The van der Waals surface area contributed by atoms with Gasteiger partial charge in [-0.25, -0.2) is 9.80 Å². The zero-order chi connectivity index (χ0) is 16.2. The first-order chi connectivity index (χ1) is 11.2. The molecule has 1 aromatic rings. The molecule has 1 aliphatic heterocycles. The minimum atomic E-state index is -0.893. The van der Waals surface area contributed by atoms with Gasteiger partial charge >= 0.3 is 34.1 Å². The number of carbonyl (C=O) groups is 1. The van der Waals surface area contributed by atoms with Gasteiger partial charge in [-0.3, -0.25) is 5.43 Å². The van der Waals surface area contributed by atoms with Crippen molar-refractivity contribution < 1.29 is 35.3 Å². The zero-order valence-electron chi connectivity index (χ0n) is 13.6. The quantitative estimate of drug-likeness (QED) is 0.460. The van der Waals surface area contributed by atoms with E-state index in [4.69, 9.17) is 4.65 Å². The summed E-state index contributed by atoms with van der Waals surface area (Å²) in [5.74, 6) is 1.38. The van der Waals surface area contributed by atoms with Crippen LogP contribution in [0.15, 0.2) is 18.2 Å². The molecule has 24 heavy (non-hydrogen) atoms. The number of rotatable bonds is 5. The maximum atomic E-state index is 12.2. The molecule has 2 fully saturated rings. The second-order valence-electron chi connectivity index (χ2n) is 6.34. The Morgan fingerprint density at radius 1 is 1.38 bits per heavy atom. The molecule has 3 rings (SSSR count). The van der Waals surface area contributed by atoms with E-state index in [0.29, 0.717) is 17.3 Å². The van der Waals surface area contributed by atoms with Crippen molar-refractivity contribution in [3.8, 4) is 0 Å². The van der Waals surface area contributed by atoms with Crippen LogP contribution >= 0.6 is 0 Å². The van der Waals surface area contributed by atoms with Crippen LogP contribution in [0.25, 0.3) is 0 Å². The van der Waals surface area contributed by atoms with Crippen LogP contribution in [0.4, 0.5) is 4.79 Å². The molecule has 2 atom stereocenters. The minimum absolute atomic E-state index is 0. The summed E-state index contributed by atoms with van der Waals surface area (Å²) in [6.07, 6.45) is 3.78. The van der Waals surface area contributed by atoms with Crippen LogP contribution in [0.1, 0.15) is 24.8 Å². The number of nitrogens with one attached hydrogen (secondary N) is 2. The van der Waals surface area contributed by atoms with Gasteiger partial charge in [0.05, 0.1) is 0 Å². The molecule has 6 nitrogen and oxygen atoms in total. The average Bonchev–Trinajstić information content (AvgIpc) is 3.08. The maximum Gasteiger partial charge on any atom is 2.00 e. The third-order valence-corrected chi connectivity index (χ3v) is 4.69. The summed E-state index contributed by atoms with van der Waals surface area (Å²) >= 11 is 0. The monoisotopic (exact) mass is 497 g/mol. The summed E-state index contributed by atoms with van der Waals surface area (Å²) in [4.78, 5) is 22.7. The Kier molecular flexibility index (Phi) is 6.87. The maximum absolute atomic E-state index is 12.2. The van der Waals surface area contributed by atoms with Crippen molar-refractivity contribution in [3.63, 3.8) is 0 Å². The molecule has 1 aromatic carbocycles. The Labute approximate surface area is 157 Å². The molecule has 8 heteroatoms. The number of benzene rings is 1. The predicted molar refractivity (Wildman–Crippen MR) is 86.3 cm³/mol. The van der Waals surface area contributed by atoms with Crippen LogP contribution in [0, 0.1) is 24.8 Å². The fourth-order valence-corrected chi connectivity index (χ4v) is 3.52. The fourth-order valence-electron chi connectivity index (χ4n) is 3.52. The summed E-state index contributed by atoms with van der Waals surface area (Å²) in [6, 6.07) is 8.01. The van der Waals surface area contributed by atoms with E-state index >= 15 is 0 Å². The van der Waals surface area contributed by atoms with Crippen LogP contribution in [0.3, 0.4) is 0 Å². The fraction of sp³-hybridized carbons (Fsp3) is 0.500. The minimum Gasteiger partial charge on any atom is -0.707 e. The molecule has 1 aliphatic carbocycles. The van der Waals surface area contributed by atoms with Gasteiger partial charge in [-0.2, -0.15) is 29.8 Å². The number of urea groups is 1. The van der Waals surface area contributed by atoms with Gasteiger partial charge in [-0.1, -0.05) is 19.8 Å². The van der Waals surface area contributed by atoms with Crippen LogP contribution < -0.4 is 16.1 Å². The van der Waals surface area contributed by atoms with Crippen molar-refractivity contribution in [1.29, 1.82) is 0 Å². The van der Waals surface area contributed by atoms with Gasteiger partial charge in [0, 0.05) is 13.1 Å². The third-order valence-electron chi connectivity index (χ3n) is 4.69. The molecular formula is C16H20BN3O3W. The largest absolute Gasteiger partial charge is 2.00 e. The van der Waals surface area contributed by atoms with Crippen molar-refractivity contribution in [2.45, 2.75) is 26.2 Å². The van der Waals surface area contributed by atoms with Crippen LogP contribution in [-0.2, 0) is 30.5 Å². The van der Waals surface area contributed by atoms with Crippen LogP contribution in [-0.4, -0.2) is 37.7 Å². The number of nitrogens with zero attached hydrogens (tertiary/aromatic N) is 1. The predicted octanol–water partition coefficient (Wildman–Crippen LogP) is 0.518. The summed E-state index contributed by atoms with van der Waals surface area (Å²) in [6.45, 7) is 5.10. The van der Waals surface area contributed by atoms with Gasteiger partial charge in [0.25, 0.3) is 0 Å². The molecule has 126 valence electrons. The first-order valence-electron chi connectivity index (χ1n) is 7.99. The van der Waals surface area contributed by atoms with Gasteiger partial charge in [-0.15, -0.1) is 5.46 Å². The second kappa shape index (κ2) is 8.68. The van der Waals surface area contributed by atoms with E-state index in [-0.39, 0.29) is 27.1 Å². The van der Waals surface area contributed by atoms with Gasteiger partial charge in [0.2, 0.25) is 0 Å². The summed E-state index contributed by atoms with van der Waals surface area (Å²) in [7, 11) is -0.893. The first-order valence-corrected chi connectivity index (χ1v) is 7.99. The van der Waals surface area contributed by atoms with Crippen LogP contribution in [0.2, 0.25) is 0 Å². The van der Waals surface area contributed by atoms with E-state index in [2.05, 4.69) is 16.7 Å². The molecule has 1 saturated carbocycles. The Bertz CT molecular complexity index is 560. The number of carbonyl (C=O) groups excluding carboxylic acids is 2. The molecule has 0 aromatic heterocycles. The Balaban J connectivity index is 0.00000208. The van der Waals surface area contributed by atoms with Crippen molar-refractivity contribution >= 4 is 25.0 Å². The van der Waals surface area contributed by atoms with Gasteiger partial charge < -0.3 is 14.7 Å². The molecule has 0 bridgehead atoms. The normalized spacial score (nSPS) is 22.2. The van der Waals surface area contributed by atoms with Crippen LogP contribution in [0.5, 0.6) is 0 Å². The van der Waals surface area contributed by atoms with Gasteiger partial charge in [0.1, 0.15) is 0 Å². The molecule has 0 radical (unpaired) electrons. The number of aryl methyl sites for hydroxylation is 1. The summed E-state index contributed by atoms with van der Waals surface area (Å²) < 4.78 is 4.85. The number of amides is 2. The topological polar surface area (TPSA) is 70.7 Å². The van der Waals surface area contributed by atoms with E-state index in [0.717, 1.165) is 18.7 Å². The smallest absolute Gasteiger partial charge is 0.707 e. The summed E-state index contributed by atoms with van der Waals surface area (Å²) in [5, 5.41) is 4.59. The Morgan fingerprint density at radius 3 is 2.67 bits per heavy atom. The number of hydrogen-bond acceptors (Lipinski definition) is 4. The number of hydrazine groups is 1. The number of fused-ring (bicyclic) bond motifs is 1. The molecule has 2 N–H and O–H groups in total. The molecule has 1 heterocycles. The first kappa shape index (κ1) is 19.0. The van der Waals surface area contributed by atoms with Crippen molar-refractivity contribution in [3.05, 3.63) is 29.8 Å². The molecule has 0 spiro atoms. The van der Waals surface area contributed by atoms with Crippen molar-refractivity contribution in [2.24, 2.45) is 11.8 Å². The van der Waals surface area contributed by atoms with E-state index in [1.807, 2.05) is 18.0 Å². The van der Waals surface area contributed by atoms with Gasteiger partial charge in [0.15, 0.2) is 0 Å². The van der Waals surface area contributed by atoms with E-state index in [9.17, 15) is 9.59 Å². The van der Waals surface area contributed by atoms with E-state index < -0.39 is 7.05 Å². The molecule has 2 amide bonds. The van der Waals surface area contributed by atoms with Crippen molar-refractivity contribution in [2.75, 3.05) is 13.1 Å². The second-order valence-corrected chi connectivity index (χ2v) is 6.34. The number of hydrogen-bond donors (Lipinski definition) is 2. The summed E-state index contributed by atoms with van der Waals surface area (Å²) in [5.41, 5.74) is 4.45. The molecular weight excluding hydrogens is 477 g/mol. The molecule has 2 unspecified atom stereocenters. The average molecular weight is 497 g/mol. The SMILES string of the molecule is Cc1c[c-]c(B(NC(=O)NN2CC3CCCC3C2)O[C-]=O)cc1.[W+2]. The molecule has 1 saturated heterocycles. The van der Waals surface area contributed by atoms with E-state index in [1.165, 1.54) is 25.7 Å². The Morgan fingerprint density at radius 2 is 2.08 bits per heavy atom. The van der Waals surface area contributed by atoms with Gasteiger partial charge in [-0.05, 0) is 24.7 Å². The van der Waals surface area contributed by atoms with Crippen molar-refractivity contribution in [1.82, 2.24) is 15.7 Å². The zero-order valence-corrected chi connectivity index (χ0v) is 16.5. The van der Waals surface area contributed by atoms with E-state index in [1.54, 1.807) is 12.1 Å². The Hall–Kier alpha value is -1.33. The molecule has 2 aliphatic rings.